The molecule has 0 N–H and O–H groups in total. The predicted molar refractivity (Wildman–Crippen MR) is 69.6 cm³/mol. The maximum absolute atomic E-state index is 12.4. The topological polar surface area (TPSA) is 42.4 Å². The summed E-state index contributed by atoms with van der Waals surface area (Å²) in [4.78, 5) is 18.4. The number of carbonyl (C=O) groups excluding carboxylic acids is 1. The minimum absolute atomic E-state index is 0.0779. The van der Waals surface area contributed by atoms with Crippen molar-refractivity contribution in [2.45, 2.75) is 20.3 Å². The molecule has 1 aliphatic heterocycles. The zero-order chi connectivity index (χ0) is 13.1. The molecule has 2 unspecified atom stereocenters. The smallest absolute Gasteiger partial charge is 0.254 e. The molecule has 1 saturated heterocycles. The molecular formula is C14H20N2O2. The van der Waals surface area contributed by atoms with E-state index in [2.05, 4.69) is 18.8 Å². The summed E-state index contributed by atoms with van der Waals surface area (Å²) in [6.45, 7) is 6.08. The maximum Gasteiger partial charge on any atom is 0.254 e. The normalized spacial score (nSPS) is 23.8. The molecule has 2 rings (SSSR count). The highest BCUT2D eigenvalue weighted by atomic mass is 16.5. The quantitative estimate of drug-likeness (QED) is 0.806. The third-order valence-corrected chi connectivity index (χ3v) is 3.35. The average molecular weight is 248 g/mol. The first-order valence-corrected chi connectivity index (χ1v) is 6.39. The highest BCUT2D eigenvalue weighted by Gasteiger charge is 2.26. The lowest BCUT2D eigenvalue weighted by Gasteiger charge is -2.35. The van der Waals surface area contributed by atoms with E-state index < -0.39 is 0 Å². The van der Waals surface area contributed by atoms with Crippen LogP contribution < -0.4 is 4.74 Å². The van der Waals surface area contributed by atoms with Gasteiger partial charge in [0.2, 0.25) is 5.88 Å². The fourth-order valence-electron chi connectivity index (χ4n) is 2.67. The summed E-state index contributed by atoms with van der Waals surface area (Å²) in [5.41, 5.74) is 0.656. The Morgan fingerprint density at radius 2 is 2.06 bits per heavy atom. The number of hydrogen-bond donors (Lipinski definition) is 0. The lowest BCUT2D eigenvalue weighted by Crippen LogP contribution is -2.42. The Hall–Kier alpha value is -1.58. The lowest BCUT2D eigenvalue weighted by molar-refractivity contribution is 0.0622. The molecule has 98 valence electrons. The van der Waals surface area contributed by atoms with Gasteiger partial charge in [-0.25, -0.2) is 4.98 Å². The van der Waals surface area contributed by atoms with Crippen LogP contribution in [0, 0.1) is 11.8 Å². The monoisotopic (exact) mass is 248 g/mol. The number of carbonyl (C=O) groups is 1. The summed E-state index contributed by atoms with van der Waals surface area (Å²) in [6.07, 6.45) is 2.81. The molecule has 18 heavy (non-hydrogen) atoms. The van der Waals surface area contributed by atoms with Gasteiger partial charge in [-0.1, -0.05) is 13.8 Å². The van der Waals surface area contributed by atoms with Gasteiger partial charge in [0, 0.05) is 30.9 Å². The molecule has 2 heterocycles. The van der Waals surface area contributed by atoms with Gasteiger partial charge in [-0.2, -0.15) is 0 Å². The number of pyridine rings is 1. The molecule has 0 radical (unpaired) electrons. The highest BCUT2D eigenvalue weighted by Crippen LogP contribution is 2.23. The van der Waals surface area contributed by atoms with Crippen LogP contribution in [-0.2, 0) is 0 Å². The van der Waals surface area contributed by atoms with Crippen molar-refractivity contribution in [3.63, 3.8) is 0 Å². The minimum Gasteiger partial charge on any atom is -0.481 e. The molecule has 1 fully saturated rings. The van der Waals surface area contributed by atoms with Crippen molar-refractivity contribution in [2.75, 3.05) is 20.2 Å². The van der Waals surface area contributed by atoms with E-state index in [1.165, 1.54) is 6.42 Å². The number of piperidine rings is 1. The molecule has 0 aliphatic carbocycles. The van der Waals surface area contributed by atoms with Crippen molar-refractivity contribution in [1.82, 2.24) is 9.88 Å². The summed E-state index contributed by atoms with van der Waals surface area (Å²) in [5.74, 6) is 1.70. The standard InChI is InChI=1S/C14H20N2O2/c1-10-6-11(2)9-16(8-10)14(17)12-4-5-15-13(7-12)18-3/h4-5,7,10-11H,6,8-9H2,1-3H3. The predicted octanol–water partition coefficient (Wildman–Crippen LogP) is 2.21. The Morgan fingerprint density at radius 3 is 2.67 bits per heavy atom. The SMILES string of the molecule is COc1cc(C(=O)N2CC(C)CC(C)C2)ccn1. The molecule has 0 spiro atoms. The summed E-state index contributed by atoms with van der Waals surface area (Å²) in [5, 5.41) is 0. The van der Waals surface area contributed by atoms with Gasteiger partial charge >= 0.3 is 0 Å². The highest BCUT2D eigenvalue weighted by molar-refractivity contribution is 5.94. The third-order valence-electron chi connectivity index (χ3n) is 3.35. The Balaban J connectivity index is 2.14. The van der Waals surface area contributed by atoms with Gasteiger partial charge < -0.3 is 9.64 Å². The van der Waals surface area contributed by atoms with Gasteiger partial charge in [-0.3, -0.25) is 4.79 Å². The second-order valence-corrected chi connectivity index (χ2v) is 5.24. The first kappa shape index (κ1) is 12.9. The van der Waals surface area contributed by atoms with E-state index in [4.69, 9.17) is 4.74 Å². The minimum atomic E-state index is 0.0779. The van der Waals surface area contributed by atoms with Gasteiger partial charge in [-0.05, 0) is 24.3 Å². The molecular weight excluding hydrogens is 228 g/mol. The Bertz CT molecular complexity index is 424. The largest absolute Gasteiger partial charge is 0.481 e. The summed E-state index contributed by atoms with van der Waals surface area (Å²) < 4.78 is 5.05. The van der Waals surface area contributed by atoms with Crippen molar-refractivity contribution in [1.29, 1.82) is 0 Å². The van der Waals surface area contributed by atoms with Crippen LogP contribution in [0.15, 0.2) is 18.3 Å². The number of aromatic nitrogens is 1. The second kappa shape index (κ2) is 5.38. The van der Waals surface area contributed by atoms with Crippen LogP contribution >= 0.6 is 0 Å². The van der Waals surface area contributed by atoms with E-state index in [0.29, 0.717) is 23.3 Å². The molecule has 0 saturated carbocycles. The van der Waals surface area contributed by atoms with E-state index in [1.807, 2.05) is 4.90 Å². The zero-order valence-corrected chi connectivity index (χ0v) is 11.2. The van der Waals surface area contributed by atoms with Gasteiger partial charge in [0.05, 0.1) is 7.11 Å². The molecule has 0 bridgehead atoms. The molecule has 0 aromatic carbocycles. The Labute approximate surface area is 108 Å². The van der Waals surface area contributed by atoms with E-state index in [-0.39, 0.29) is 5.91 Å². The summed E-state index contributed by atoms with van der Waals surface area (Å²) in [6, 6.07) is 3.45. The molecule has 1 aromatic rings. The van der Waals surface area contributed by atoms with E-state index in [9.17, 15) is 4.79 Å². The number of ether oxygens (including phenoxy) is 1. The van der Waals surface area contributed by atoms with Crippen molar-refractivity contribution >= 4 is 5.91 Å². The fourth-order valence-corrected chi connectivity index (χ4v) is 2.67. The number of methoxy groups -OCH3 is 1. The number of nitrogens with zero attached hydrogens (tertiary/aromatic N) is 2. The second-order valence-electron chi connectivity index (χ2n) is 5.24. The molecule has 4 heteroatoms. The Morgan fingerprint density at radius 1 is 1.39 bits per heavy atom. The van der Waals surface area contributed by atoms with Gasteiger partial charge in [0.1, 0.15) is 0 Å². The first-order valence-electron chi connectivity index (χ1n) is 6.39. The van der Waals surface area contributed by atoms with Crippen LogP contribution in [0.5, 0.6) is 5.88 Å². The van der Waals surface area contributed by atoms with Crippen molar-refractivity contribution in [3.05, 3.63) is 23.9 Å². The van der Waals surface area contributed by atoms with E-state index >= 15 is 0 Å². The number of likely N-dealkylation sites (tertiary alicyclic amines) is 1. The van der Waals surface area contributed by atoms with Crippen LogP contribution in [0.4, 0.5) is 0 Å². The summed E-state index contributed by atoms with van der Waals surface area (Å²) in [7, 11) is 1.56. The van der Waals surface area contributed by atoms with Crippen molar-refractivity contribution < 1.29 is 9.53 Å². The molecule has 1 aliphatic rings. The molecule has 1 amide bonds. The zero-order valence-electron chi connectivity index (χ0n) is 11.2. The number of rotatable bonds is 2. The van der Waals surface area contributed by atoms with Crippen LogP contribution in [0.25, 0.3) is 0 Å². The van der Waals surface area contributed by atoms with Crippen molar-refractivity contribution in [3.8, 4) is 5.88 Å². The lowest BCUT2D eigenvalue weighted by atomic mass is 9.91. The van der Waals surface area contributed by atoms with Gasteiger partial charge in [0.15, 0.2) is 0 Å². The summed E-state index contributed by atoms with van der Waals surface area (Å²) >= 11 is 0. The Kier molecular flexibility index (Phi) is 3.84. The first-order chi connectivity index (χ1) is 8.60. The molecule has 1 aromatic heterocycles. The maximum atomic E-state index is 12.4. The van der Waals surface area contributed by atoms with Crippen LogP contribution in [0.2, 0.25) is 0 Å². The average Bonchev–Trinajstić information content (AvgIpc) is 2.37. The van der Waals surface area contributed by atoms with E-state index in [1.54, 1.807) is 25.4 Å². The van der Waals surface area contributed by atoms with Crippen LogP contribution in [0.1, 0.15) is 30.6 Å². The molecule has 2 atom stereocenters. The number of hydrogen-bond acceptors (Lipinski definition) is 3. The van der Waals surface area contributed by atoms with Gasteiger partial charge in [0.25, 0.3) is 5.91 Å². The van der Waals surface area contributed by atoms with Crippen molar-refractivity contribution in [2.24, 2.45) is 11.8 Å². The number of amides is 1. The van der Waals surface area contributed by atoms with E-state index in [0.717, 1.165) is 13.1 Å². The fraction of sp³-hybridized carbons (Fsp3) is 0.571. The van der Waals surface area contributed by atoms with Crippen LogP contribution in [0.3, 0.4) is 0 Å². The van der Waals surface area contributed by atoms with Gasteiger partial charge in [-0.15, -0.1) is 0 Å². The third kappa shape index (κ3) is 2.81. The van der Waals surface area contributed by atoms with Crippen LogP contribution in [-0.4, -0.2) is 36.0 Å². The molecule has 4 nitrogen and oxygen atoms in total.